The maximum absolute atomic E-state index is 12.5. The minimum atomic E-state index is -0.542. The summed E-state index contributed by atoms with van der Waals surface area (Å²) in [5.74, 6) is 1.46. The molecule has 2 unspecified atom stereocenters. The van der Waals surface area contributed by atoms with Crippen LogP contribution in [0.25, 0.3) is 0 Å². The Hall–Kier alpha value is -2.76. The summed E-state index contributed by atoms with van der Waals surface area (Å²) in [4.78, 5) is 26.6. The van der Waals surface area contributed by atoms with Gasteiger partial charge in [0, 0.05) is 24.9 Å². The van der Waals surface area contributed by atoms with E-state index in [1.807, 2.05) is 30.3 Å². The van der Waals surface area contributed by atoms with Gasteiger partial charge in [-0.2, -0.15) is 0 Å². The van der Waals surface area contributed by atoms with Gasteiger partial charge in [0.2, 0.25) is 5.91 Å². The first-order valence-corrected chi connectivity index (χ1v) is 9.06. The van der Waals surface area contributed by atoms with E-state index in [9.17, 15) is 9.59 Å². The highest BCUT2D eigenvalue weighted by Crippen LogP contribution is 2.34. The lowest BCUT2D eigenvalue weighted by Crippen LogP contribution is -2.46. The van der Waals surface area contributed by atoms with Crippen molar-refractivity contribution in [3.8, 4) is 5.75 Å². The topological polar surface area (TPSA) is 71.8 Å². The fourth-order valence-corrected chi connectivity index (χ4v) is 3.71. The number of carbonyl (C=O) groups is 2. The van der Waals surface area contributed by atoms with Crippen LogP contribution in [0.2, 0.25) is 0 Å². The van der Waals surface area contributed by atoms with Gasteiger partial charge in [-0.15, -0.1) is 0 Å². The lowest BCUT2D eigenvalue weighted by molar-refractivity contribution is -0.125. The van der Waals surface area contributed by atoms with Crippen LogP contribution in [0.15, 0.2) is 41.0 Å². The molecule has 0 saturated heterocycles. The predicted molar refractivity (Wildman–Crippen MR) is 96.0 cm³/mol. The first kappa shape index (κ1) is 16.7. The van der Waals surface area contributed by atoms with E-state index >= 15 is 0 Å². The van der Waals surface area contributed by atoms with Gasteiger partial charge in [-0.05, 0) is 38.0 Å². The number of aryl methyl sites for hydroxylation is 1. The first-order chi connectivity index (χ1) is 12.6. The molecule has 1 aliphatic heterocycles. The molecule has 6 heteroatoms. The third-order valence-corrected chi connectivity index (χ3v) is 5.02. The molecule has 1 aromatic carbocycles. The van der Waals surface area contributed by atoms with Gasteiger partial charge in [-0.3, -0.25) is 9.59 Å². The number of anilines is 1. The lowest BCUT2D eigenvalue weighted by atomic mass is 9.93. The van der Waals surface area contributed by atoms with Crippen molar-refractivity contribution in [2.75, 3.05) is 11.4 Å². The lowest BCUT2D eigenvalue weighted by Gasteiger charge is -2.33. The van der Waals surface area contributed by atoms with E-state index in [2.05, 4.69) is 5.32 Å². The highest BCUT2D eigenvalue weighted by molar-refractivity contribution is 6.00. The van der Waals surface area contributed by atoms with Gasteiger partial charge in [0.25, 0.3) is 5.91 Å². The van der Waals surface area contributed by atoms with Crippen LogP contribution in [0.3, 0.4) is 0 Å². The standard InChI is InChI=1S/C20H22N2O4/c1-13-20(24)22(16-6-2-3-7-18(16)26-13)11-9-19(23)21-15-5-4-8-17-14(15)10-12-25-17/h2-3,6-7,10,12-13,15H,4-5,8-9,11H2,1H3,(H,21,23). The Morgan fingerprint density at radius 3 is 3.04 bits per heavy atom. The number of hydrogen-bond donors (Lipinski definition) is 1. The number of hydrogen-bond acceptors (Lipinski definition) is 4. The van der Waals surface area contributed by atoms with E-state index in [1.165, 1.54) is 0 Å². The average molecular weight is 354 g/mol. The Balaban J connectivity index is 1.41. The minimum absolute atomic E-state index is 0.00315. The summed E-state index contributed by atoms with van der Waals surface area (Å²) in [5, 5.41) is 3.08. The number of ether oxygens (including phenoxy) is 1. The largest absolute Gasteiger partial charge is 0.479 e. The van der Waals surface area contributed by atoms with Crippen molar-refractivity contribution < 1.29 is 18.7 Å². The van der Waals surface area contributed by atoms with Gasteiger partial charge in [0.05, 0.1) is 18.0 Å². The molecule has 1 aliphatic carbocycles. The van der Waals surface area contributed by atoms with E-state index in [-0.39, 0.29) is 24.3 Å². The molecular weight excluding hydrogens is 332 g/mol. The minimum Gasteiger partial charge on any atom is -0.479 e. The van der Waals surface area contributed by atoms with Crippen LogP contribution in [0.1, 0.15) is 43.6 Å². The van der Waals surface area contributed by atoms with Crippen molar-refractivity contribution >= 4 is 17.5 Å². The molecule has 0 radical (unpaired) electrons. The summed E-state index contributed by atoms with van der Waals surface area (Å²) in [6, 6.07) is 9.35. The van der Waals surface area contributed by atoms with E-state index < -0.39 is 6.10 Å². The van der Waals surface area contributed by atoms with Crippen LogP contribution < -0.4 is 15.0 Å². The normalized spacial score (nSPS) is 21.6. The number of fused-ring (bicyclic) bond motifs is 2. The molecule has 0 spiro atoms. The SMILES string of the molecule is CC1Oc2ccccc2N(CCC(=O)NC2CCCc3occc32)C1=O. The summed E-state index contributed by atoms with van der Waals surface area (Å²) in [5.41, 5.74) is 1.80. The van der Waals surface area contributed by atoms with E-state index in [4.69, 9.17) is 9.15 Å². The Morgan fingerprint density at radius 2 is 2.15 bits per heavy atom. The van der Waals surface area contributed by atoms with Crippen LogP contribution in [-0.2, 0) is 16.0 Å². The van der Waals surface area contributed by atoms with Crippen molar-refractivity contribution in [1.82, 2.24) is 5.32 Å². The van der Waals surface area contributed by atoms with Crippen molar-refractivity contribution in [1.29, 1.82) is 0 Å². The van der Waals surface area contributed by atoms with Crippen molar-refractivity contribution in [3.05, 3.63) is 47.9 Å². The summed E-state index contributed by atoms with van der Waals surface area (Å²) in [6.45, 7) is 2.06. The molecule has 2 atom stereocenters. The Kier molecular flexibility index (Phi) is 4.41. The smallest absolute Gasteiger partial charge is 0.267 e. The number of rotatable bonds is 4. The molecule has 2 amide bonds. The molecule has 2 heterocycles. The van der Waals surface area contributed by atoms with Gasteiger partial charge in [0.15, 0.2) is 6.10 Å². The highest BCUT2D eigenvalue weighted by Gasteiger charge is 2.31. The highest BCUT2D eigenvalue weighted by atomic mass is 16.5. The summed E-state index contributed by atoms with van der Waals surface area (Å²) in [6.07, 6.45) is 4.22. The molecular formula is C20H22N2O4. The molecule has 1 N–H and O–H groups in total. The van der Waals surface area contributed by atoms with Gasteiger partial charge in [-0.1, -0.05) is 12.1 Å². The summed E-state index contributed by atoms with van der Waals surface area (Å²) >= 11 is 0. The van der Waals surface area contributed by atoms with Gasteiger partial charge >= 0.3 is 0 Å². The molecule has 2 aliphatic rings. The van der Waals surface area contributed by atoms with Crippen LogP contribution >= 0.6 is 0 Å². The Labute approximate surface area is 152 Å². The fraction of sp³-hybridized carbons (Fsp3) is 0.400. The monoisotopic (exact) mass is 354 g/mol. The van der Waals surface area contributed by atoms with Crippen molar-refractivity contribution in [2.45, 2.75) is 44.8 Å². The van der Waals surface area contributed by atoms with Gasteiger partial charge in [0.1, 0.15) is 11.5 Å². The Bertz CT molecular complexity index is 829. The van der Waals surface area contributed by atoms with Gasteiger partial charge in [-0.25, -0.2) is 0 Å². The maximum atomic E-state index is 12.5. The van der Waals surface area contributed by atoms with E-state index in [0.29, 0.717) is 12.3 Å². The zero-order chi connectivity index (χ0) is 18.1. The number of furan rings is 1. The van der Waals surface area contributed by atoms with Crippen LogP contribution in [-0.4, -0.2) is 24.5 Å². The molecule has 26 heavy (non-hydrogen) atoms. The zero-order valence-corrected chi connectivity index (χ0v) is 14.7. The van der Waals surface area contributed by atoms with E-state index in [1.54, 1.807) is 18.1 Å². The van der Waals surface area contributed by atoms with Gasteiger partial charge < -0.3 is 19.4 Å². The third kappa shape index (κ3) is 3.07. The number of benzene rings is 1. The van der Waals surface area contributed by atoms with Crippen molar-refractivity contribution in [2.24, 2.45) is 0 Å². The molecule has 136 valence electrons. The van der Waals surface area contributed by atoms with Crippen LogP contribution in [0.4, 0.5) is 5.69 Å². The molecule has 4 rings (SSSR count). The predicted octanol–water partition coefficient (Wildman–Crippen LogP) is 2.98. The number of carbonyl (C=O) groups excluding carboxylic acids is 2. The maximum Gasteiger partial charge on any atom is 0.267 e. The van der Waals surface area contributed by atoms with E-state index in [0.717, 1.165) is 36.3 Å². The number of amides is 2. The van der Waals surface area contributed by atoms with Crippen LogP contribution in [0, 0.1) is 0 Å². The quantitative estimate of drug-likeness (QED) is 0.916. The Morgan fingerprint density at radius 1 is 1.31 bits per heavy atom. The number of nitrogens with one attached hydrogen (secondary N) is 1. The fourth-order valence-electron chi connectivity index (χ4n) is 3.71. The second-order valence-corrected chi connectivity index (χ2v) is 6.78. The van der Waals surface area contributed by atoms with Crippen LogP contribution in [0.5, 0.6) is 5.75 Å². The first-order valence-electron chi connectivity index (χ1n) is 9.06. The molecule has 2 aromatic rings. The summed E-state index contributed by atoms with van der Waals surface area (Å²) in [7, 11) is 0. The second kappa shape index (κ2) is 6.86. The number of nitrogens with zero attached hydrogens (tertiary/aromatic N) is 1. The molecule has 6 nitrogen and oxygen atoms in total. The zero-order valence-electron chi connectivity index (χ0n) is 14.7. The second-order valence-electron chi connectivity index (χ2n) is 6.78. The van der Waals surface area contributed by atoms with Crippen molar-refractivity contribution in [3.63, 3.8) is 0 Å². The molecule has 0 saturated carbocycles. The molecule has 0 bridgehead atoms. The average Bonchev–Trinajstić information content (AvgIpc) is 3.12. The molecule has 1 aromatic heterocycles. The number of para-hydroxylation sites is 2. The summed E-state index contributed by atoms with van der Waals surface area (Å²) < 4.78 is 11.1. The third-order valence-electron chi connectivity index (χ3n) is 5.02. The molecule has 0 fully saturated rings.